The predicted molar refractivity (Wildman–Crippen MR) is 74.1 cm³/mol. The highest BCUT2D eigenvalue weighted by atomic mass is 35.5. The molecule has 4 heteroatoms. The van der Waals surface area contributed by atoms with Gasteiger partial charge in [-0.1, -0.05) is 31.5 Å². The SMILES string of the molecule is COCCN(CC(C)C)C(=O)c1cccc(Cl)c1. The number of methoxy groups -OCH3 is 1. The second kappa shape index (κ2) is 7.39. The van der Waals surface area contributed by atoms with E-state index in [1.807, 2.05) is 0 Å². The summed E-state index contributed by atoms with van der Waals surface area (Å²) in [6.45, 7) is 6.03. The van der Waals surface area contributed by atoms with Gasteiger partial charge in [0.25, 0.3) is 5.91 Å². The van der Waals surface area contributed by atoms with Crippen LogP contribution in [0, 0.1) is 5.92 Å². The van der Waals surface area contributed by atoms with Crippen molar-refractivity contribution in [3.05, 3.63) is 34.9 Å². The first-order chi connectivity index (χ1) is 8.54. The van der Waals surface area contributed by atoms with Crippen molar-refractivity contribution in [2.24, 2.45) is 5.92 Å². The van der Waals surface area contributed by atoms with Crippen LogP contribution in [0.1, 0.15) is 24.2 Å². The highest BCUT2D eigenvalue weighted by Gasteiger charge is 2.16. The number of carbonyl (C=O) groups is 1. The average Bonchev–Trinajstić information content (AvgIpc) is 2.33. The molecule has 0 radical (unpaired) electrons. The molecule has 0 aliphatic rings. The third-order valence-electron chi connectivity index (χ3n) is 2.51. The molecule has 1 aromatic carbocycles. The Hall–Kier alpha value is -1.06. The van der Waals surface area contributed by atoms with Gasteiger partial charge in [0, 0.05) is 30.8 Å². The third-order valence-corrected chi connectivity index (χ3v) is 2.74. The van der Waals surface area contributed by atoms with Crippen LogP contribution >= 0.6 is 11.6 Å². The minimum atomic E-state index is 0.00301. The van der Waals surface area contributed by atoms with Crippen molar-refractivity contribution in [3.8, 4) is 0 Å². The van der Waals surface area contributed by atoms with Crippen molar-refractivity contribution in [2.45, 2.75) is 13.8 Å². The summed E-state index contributed by atoms with van der Waals surface area (Å²) in [6, 6.07) is 7.04. The number of hydrogen-bond acceptors (Lipinski definition) is 2. The molecule has 0 fully saturated rings. The number of amides is 1. The van der Waals surface area contributed by atoms with E-state index in [2.05, 4.69) is 13.8 Å². The summed E-state index contributed by atoms with van der Waals surface area (Å²) in [7, 11) is 1.64. The van der Waals surface area contributed by atoms with E-state index in [9.17, 15) is 4.79 Å². The predicted octanol–water partition coefficient (Wildman–Crippen LogP) is 3.08. The van der Waals surface area contributed by atoms with E-state index in [0.29, 0.717) is 36.2 Å². The summed E-state index contributed by atoms with van der Waals surface area (Å²) in [6.07, 6.45) is 0. The zero-order chi connectivity index (χ0) is 13.5. The second-order valence-electron chi connectivity index (χ2n) is 4.65. The van der Waals surface area contributed by atoms with Crippen LogP contribution in [0.3, 0.4) is 0 Å². The highest BCUT2D eigenvalue weighted by Crippen LogP contribution is 2.13. The highest BCUT2D eigenvalue weighted by molar-refractivity contribution is 6.30. The van der Waals surface area contributed by atoms with Crippen LogP contribution in [-0.2, 0) is 4.74 Å². The summed E-state index contributed by atoms with van der Waals surface area (Å²) in [4.78, 5) is 14.2. The smallest absolute Gasteiger partial charge is 0.253 e. The molecule has 0 heterocycles. The largest absolute Gasteiger partial charge is 0.383 e. The van der Waals surface area contributed by atoms with Crippen LogP contribution in [0.2, 0.25) is 5.02 Å². The Balaban J connectivity index is 2.80. The van der Waals surface area contributed by atoms with E-state index in [0.717, 1.165) is 0 Å². The van der Waals surface area contributed by atoms with Gasteiger partial charge < -0.3 is 9.64 Å². The molecule has 0 bridgehead atoms. The van der Waals surface area contributed by atoms with Crippen LogP contribution in [-0.4, -0.2) is 37.6 Å². The lowest BCUT2D eigenvalue weighted by Gasteiger charge is -2.24. The Morgan fingerprint density at radius 3 is 2.72 bits per heavy atom. The van der Waals surface area contributed by atoms with Crippen LogP contribution in [0.25, 0.3) is 0 Å². The molecule has 3 nitrogen and oxygen atoms in total. The Morgan fingerprint density at radius 1 is 1.44 bits per heavy atom. The Kier molecular flexibility index (Phi) is 6.16. The number of carbonyl (C=O) groups excluding carboxylic acids is 1. The standard InChI is InChI=1S/C14H20ClNO2/c1-11(2)10-16(7-8-18-3)14(17)12-5-4-6-13(15)9-12/h4-6,9,11H,7-8,10H2,1-3H3. The van der Waals surface area contributed by atoms with Crippen LogP contribution in [0.15, 0.2) is 24.3 Å². The molecule has 100 valence electrons. The fraction of sp³-hybridized carbons (Fsp3) is 0.500. The van der Waals surface area contributed by atoms with Gasteiger partial charge in [-0.15, -0.1) is 0 Å². The Labute approximate surface area is 114 Å². The molecule has 1 aromatic rings. The van der Waals surface area contributed by atoms with E-state index in [4.69, 9.17) is 16.3 Å². The van der Waals surface area contributed by atoms with Crippen molar-refractivity contribution in [1.82, 2.24) is 4.90 Å². The first-order valence-electron chi connectivity index (χ1n) is 6.08. The van der Waals surface area contributed by atoms with E-state index in [1.165, 1.54) is 0 Å². The zero-order valence-corrected chi connectivity index (χ0v) is 11.9. The van der Waals surface area contributed by atoms with Gasteiger partial charge in [-0.05, 0) is 24.1 Å². The van der Waals surface area contributed by atoms with Crippen LogP contribution in [0.4, 0.5) is 0 Å². The van der Waals surface area contributed by atoms with Gasteiger partial charge in [0.15, 0.2) is 0 Å². The van der Waals surface area contributed by atoms with E-state index >= 15 is 0 Å². The van der Waals surface area contributed by atoms with Crippen molar-refractivity contribution in [1.29, 1.82) is 0 Å². The lowest BCUT2D eigenvalue weighted by molar-refractivity contribution is 0.0672. The van der Waals surface area contributed by atoms with Gasteiger partial charge >= 0.3 is 0 Å². The zero-order valence-electron chi connectivity index (χ0n) is 11.1. The van der Waals surface area contributed by atoms with Crippen molar-refractivity contribution < 1.29 is 9.53 Å². The number of rotatable bonds is 6. The molecule has 0 aromatic heterocycles. The van der Waals surface area contributed by atoms with E-state index in [1.54, 1.807) is 36.3 Å². The average molecular weight is 270 g/mol. The van der Waals surface area contributed by atoms with Gasteiger partial charge in [-0.2, -0.15) is 0 Å². The normalized spacial score (nSPS) is 10.7. The molecule has 0 aliphatic carbocycles. The molecule has 0 spiro atoms. The molecule has 1 amide bonds. The van der Waals surface area contributed by atoms with Crippen molar-refractivity contribution in [2.75, 3.05) is 26.8 Å². The van der Waals surface area contributed by atoms with Gasteiger partial charge in [0.05, 0.1) is 6.61 Å². The summed E-state index contributed by atoms with van der Waals surface area (Å²) >= 11 is 5.91. The third kappa shape index (κ3) is 4.67. The van der Waals surface area contributed by atoms with E-state index < -0.39 is 0 Å². The van der Waals surface area contributed by atoms with Crippen molar-refractivity contribution >= 4 is 17.5 Å². The minimum absolute atomic E-state index is 0.00301. The molecule has 18 heavy (non-hydrogen) atoms. The summed E-state index contributed by atoms with van der Waals surface area (Å²) in [5.41, 5.74) is 0.624. The molecule has 0 unspecified atom stereocenters. The molecule has 1 rings (SSSR count). The first-order valence-corrected chi connectivity index (χ1v) is 6.46. The Bertz CT molecular complexity index is 393. The Morgan fingerprint density at radius 2 is 2.17 bits per heavy atom. The first kappa shape index (κ1) is 15.0. The van der Waals surface area contributed by atoms with Crippen LogP contribution < -0.4 is 0 Å². The maximum Gasteiger partial charge on any atom is 0.253 e. The van der Waals surface area contributed by atoms with Crippen molar-refractivity contribution in [3.63, 3.8) is 0 Å². The number of halogens is 1. The molecule has 0 saturated heterocycles. The second-order valence-corrected chi connectivity index (χ2v) is 5.08. The molecule has 0 atom stereocenters. The summed E-state index contributed by atoms with van der Waals surface area (Å²) < 4.78 is 5.04. The minimum Gasteiger partial charge on any atom is -0.383 e. The fourth-order valence-electron chi connectivity index (χ4n) is 1.72. The topological polar surface area (TPSA) is 29.5 Å². The number of benzene rings is 1. The van der Waals surface area contributed by atoms with Gasteiger partial charge in [0.2, 0.25) is 0 Å². The van der Waals surface area contributed by atoms with Gasteiger partial charge in [-0.25, -0.2) is 0 Å². The quantitative estimate of drug-likeness (QED) is 0.794. The van der Waals surface area contributed by atoms with E-state index in [-0.39, 0.29) is 5.91 Å². The molecule has 0 N–H and O–H groups in total. The molecule has 0 aliphatic heterocycles. The number of hydrogen-bond donors (Lipinski definition) is 0. The number of ether oxygens (including phenoxy) is 1. The monoisotopic (exact) mass is 269 g/mol. The summed E-state index contributed by atoms with van der Waals surface area (Å²) in [5.74, 6) is 0.424. The maximum atomic E-state index is 12.4. The van der Waals surface area contributed by atoms with Crippen LogP contribution in [0.5, 0.6) is 0 Å². The summed E-state index contributed by atoms with van der Waals surface area (Å²) in [5, 5.41) is 0.581. The van der Waals surface area contributed by atoms with Gasteiger partial charge in [0.1, 0.15) is 0 Å². The molecular weight excluding hydrogens is 250 g/mol. The molecular formula is C14H20ClNO2. The molecule has 0 saturated carbocycles. The maximum absolute atomic E-state index is 12.4. The van der Waals surface area contributed by atoms with Gasteiger partial charge in [-0.3, -0.25) is 4.79 Å². The lowest BCUT2D eigenvalue weighted by Crippen LogP contribution is -2.36. The number of nitrogens with zero attached hydrogens (tertiary/aromatic N) is 1. The fourth-order valence-corrected chi connectivity index (χ4v) is 1.91. The lowest BCUT2D eigenvalue weighted by atomic mass is 10.1.